The van der Waals surface area contributed by atoms with Gasteiger partial charge in [0.05, 0.1) is 11.1 Å². The average Bonchev–Trinajstić information content (AvgIpc) is 3.95. The topological polar surface area (TPSA) is 42.7 Å². The van der Waals surface area contributed by atoms with Crippen molar-refractivity contribution in [3.63, 3.8) is 0 Å². The van der Waals surface area contributed by atoms with Crippen LogP contribution in [0.5, 0.6) is 0 Å². The van der Waals surface area contributed by atoms with Crippen LogP contribution < -0.4 is 4.90 Å². The number of para-hydroxylation sites is 1. The fraction of sp³-hybridized carbons (Fsp3) is 0.0588. The van der Waals surface area contributed by atoms with Gasteiger partial charge in [-0.1, -0.05) is 111 Å². The second-order valence-electron chi connectivity index (χ2n) is 15.3. The van der Waals surface area contributed by atoms with Crippen molar-refractivity contribution in [2.24, 2.45) is 0 Å². The molecule has 0 atom stereocenters. The molecule has 0 aliphatic heterocycles. The van der Waals surface area contributed by atoms with E-state index in [2.05, 4.69) is 164 Å². The summed E-state index contributed by atoms with van der Waals surface area (Å²) in [5.41, 5.74) is 15.6. The lowest BCUT2D eigenvalue weighted by atomic mass is 9.82. The molecule has 0 N–H and O–H groups in total. The van der Waals surface area contributed by atoms with Crippen LogP contribution in [-0.4, -0.2) is 0 Å². The summed E-state index contributed by atoms with van der Waals surface area (Å²) in [4.78, 5) is 2.38. The Morgan fingerprint density at radius 2 is 0.982 bits per heavy atom. The van der Waals surface area contributed by atoms with E-state index >= 15 is 0 Å². The minimum Gasteiger partial charge on any atom is -0.456 e. The van der Waals surface area contributed by atoms with Crippen LogP contribution in [0.1, 0.15) is 25.0 Å². The van der Waals surface area contributed by atoms with E-state index in [9.17, 15) is 0 Å². The number of nitrogens with zero attached hydrogens (tertiary/aromatic N) is 1. The maximum absolute atomic E-state index is 6.77. The first-order chi connectivity index (χ1) is 27.0. The Morgan fingerprint density at radius 3 is 1.84 bits per heavy atom. The Balaban J connectivity index is 1.12. The standard InChI is InChI=1S/C51H33NO3/c1-51(2)40-17-8-6-14-34(40)35-24-22-32(27-41(35)51)52(31-23-25-44-37(26-31)36-15-7-9-19-43(36)53-44)42-18-11-21-46-50(42)39-29-47-38(28-48(39)55-46)49-33(16-10-20-45(49)54-47)30-12-4-3-5-13-30/h3-29H,1-2H3. The summed E-state index contributed by atoms with van der Waals surface area (Å²) in [6.45, 7) is 4.67. The lowest BCUT2D eigenvalue weighted by molar-refractivity contribution is 0.660. The van der Waals surface area contributed by atoms with Gasteiger partial charge in [0.1, 0.15) is 33.5 Å². The van der Waals surface area contributed by atoms with Gasteiger partial charge in [0.15, 0.2) is 0 Å². The number of fused-ring (bicyclic) bond motifs is 12. The smallest absolute Gasteiger partial charge is 0.137 e. The summed E-state index contributed by atoms with van der Waals surface area (Å²) in [7, 11) is 0. The van der Waals surface area contributed by atoms with Crippen molar-refractivity contribution in [1.82, 2.24) is 0 Å². The SMILES string of the molecule is CC1(C)c2ccccc2-c2ccc(N(c3ccc4oc5ccccc5c4c3)c3cccc4oc5cc6c(cc5c34)oc3cccc(-c4ccccc4)c36)cc21. The van der Waals surface area contributed by atoms with E-state index in [0.717, 1.165) is 94.0 Å². The molecule has 0 unspecified atom stereocenters. The van der Waals surface area contributed by atoms with E-state index in [1.165, 1.54) is 22.3 Å². The fourth-order valence-corrected chi connectivity index (χ4v) is 9.28. The third-order valence-electron chi connectivity index (χ3n) is 11.9. The lowest BCUT2D eigenvalue weighted by Crippen LogP contribution is -2.16. The summed E-state index contributed by atoms with van der Waals surface area (Å²) in [6, 6.07) is 58.0. The van der Waals surface area contributed by atoms with Crippen LogP contribution in [-0.2, 0) is 5.41 Å². The first-order valence-corrected chi connectivity index (χ1v) is 18.8. The van der Waals surface area contributed by atoms with Crippen molar-refractivity contribution in [1.29, 1.82) is 0 Å². The Hall–Kier alpha value is -7.04. The number of furan rings is 3. The van der Waals surface area contributed by atoms with E-state index < -0.39 is 0 Å². The van der Waals surface area contributed by atoms with Crippen LogP contribution in [0.3, 0.4) is 0 Å². The number of anilines is 3. The van der Waals surface area contributed by atoms with Gasteiger partial charge >= 0.3 is 0 Å². The molecule has 55 heavy (non-hydrogen) atoms. The fourth-order valence-electron chi connectivity index (χ4n) is 9.28. The molecule has 4 heteroatoms. The van der Waals surface area contributed by atoms with Crippen LogP contribution >= 0.6 is 0 Å². The van der Waals surface area contributed by atoms with E-state index in [1.807, 2.05) is 18.2 Å². The molecule has 0 saturated carbocycles. The molecule has 11 aromatic rings. The first kappa shape index (κ1) is 30.4. The number of hydrogen-bond acceptors (Lipinski definition) is 4. The zero-order valence-electron chi connectivity index (χ0n) is 30.3. The van der Waals surface area contributed by atoms with Gasteiger partial charge in [0.25, 0.3) is 0 Å². The minimum atomic E-state index is -0.155. The maximum atomic E-state index is 6.77. The molecule has 3 aromatic heterocycles. The highest BCUT2D eigenvalue weighted by Gasteiger charge is 2.36. The van der Waals surface area contributed by atoms with E-state index in [1.54, 1.807) is 0 Å². The van der Waals surface area contributed by atoms with Crippen molar-refractivity contribution in [3.8, 4) is 22.3 Å². The Kier molecular flexibility index (Phi) is 6.09. The molecule has 12 rings (SSSR count). The minimum absolute atomic E-state index is 0.155. The summed E-state index contributed by atoms with van der Waals surface area (Å²) < 4.78 is 19.7. The molecule has 0 bridgehead atoms. The molecule has 0 fully saturated rings. The molecule has 0 saturated heterocycles. The second kappa shape index (κ2) is 11.0. The van der Waals surface area contributed by atoms with Crippen molar-refractivity contribution in [2.75, 3.05) is 4.90 Å². The van der Waals surface area contributed by atoms with Crippen LogP contribution in [0, 0.1) is 0 Å². The zero-order valence-corrected chi connectivity index (χ0v) is 30.3. The highest BCUT2D eigenvalue weighted by molar-refractivity contribution is 6.21. The third kappa shape index (κ3) is 4.28. The van der Waals surface area contributed by atoms with Gasteiger partial charge in [0, 0.05) is 43.7 Å². The second-order valence-corrected chi connectivity index (χ2v) is 15.3. The largest absolute Gasteiger partial charge is 0.456 e. The van der Waals surface area contributed by atoms with Crippen LogP contribution in [0.4, 0.5) is 17.1 Å². The molecular weight excluding hydrogens is 675 g/mol. The van der Waals surface area contributed by atoms with Gasteiger partial charge in [-0.15, -0.1) is 0 Å². The molecule has 0 spiro atoms. The van der Waals surface area contributed by atoms with Gasteiger partial charge < -0.3 is 18.2 Å². The van der Waals surface area contributed by atoms with E-state index in [-0.39, 0.29) is 5.41 Å². The summed E-state index contributed by atoms with van der Waals surface area (Å²) in [5.74, 6) is 0. The molecule has 260 valence electrons. The van der Waals surface area contributed by atoms with E-state index in [4.69, 9.17) is 13.3 Å². The van der Waals surface area contributed by atoms with Crippen molar-refractivity contribution in [3.05, 3.63) is 175 Å². The molecule has 1 aliphatic rings. The van der Waals surface area contributed by atoms with Crippen LogP contribution in [0.15, 0.2) is 177 Å². The highest BCUT2D eigenvalue weighted by Crippen LogP contribution is 2.52. The maximum Gasteiger partial charge on any atom is 0.137 e. The predicted octanol–water partition coefficient (Wildman–Crippen LogP) is 14.8. The Labute approximate surface area is 316 Å². The normalized spacial score (nSPS) is 13.4. The summed E-state index contributed by atoms with van der Waals surface area (Å²) in [6.07, 6.45) is 0. The number of benzene rings is 8. The third-order valence-corrected chi connectivity index (χ3v) is 11.9. The molecule has 0 radical (unpaired) electrons. The molecule has 4 nitrogen and oxygen atoms in total. The van der Waals surface area contributed by atoms with Crippen molar-refractivity contribution < 1.29 is 13.3 Å². The highest BCUT2D eigenvalue weighted by atomic mass is 16.3. The van der Waals surface area contributed by atoms with Crippen LogP contribution in [0.2, 0.25) is 0 Å². The lowest BCUT2D eigenvalue weighted by Gasteiger charge is -2.28. The molecule has 3 heterocycles. The van der Waals surface area contributed by atoms with Crippen LogP contribution in [0.25, 0.3) is 88.1 Å². The number of hydrogen-bond donors (Lipinski definition) is 0. The van der Waals surface area contributed by atoms with Gasteiger partial charge in [-0.05, 0) is 100 Å². The quantitative estimate of drug-likeness (QED) is 0.183. The van der Waals surface area contributed by atoms with Gasteiger partial charge in [-0.2, -0.15) is 0 Å². The Bertz CT molecular complexity index is 3360. The first-order valence-electron chi connectivity index (χ1n) is 18.8. The summed E-state index contributed by atoms with van der Waals surface area (Å²) >= 11 is 0. The molecular formula is C51H33NO3. The van der Waals surface area contributed by atoms with Crippen molar-refractivity contribution in [2.45, 2.75) is 19.3 Å². The predicted molar refractivity (Wildman–Crippen MR) is 226 cm³/mol. The number of rotatable bonds is 4. The zero-order chi connectivity index (χ0) is 36.4. The van der Waals surface area contributed by atoms with Gasteiger partial charge in [-0.25, -0.2) is 0 Å². The monoisotopic (exact) mass is 707 g/mol. The summed E-state index contributed by atoms with van der Waals surface area (Å²) in [5, 5.41) is 6.34. The van der Waals surface area contributed by atoms with E-state index in [0.29, 0.717) is 0 Å². The molecule has 0 amide bonds. The van der Waals surface area contributed by atoms with Gasteiger partial charge in [0.2, 0.25) is 0 Å². The van der Waals surface area contributed by atoms with Crippen molar-refractivity contribution >= 4 is 82.9 Å². The Morgan fingerprint density at radius 1 is 0.382 bits per heavy atom. The molecule has 8 aromatic carbocycles. The average molecular weight is 708 g/mol. The van der Waals surface area contributed by atoms with Gasteiger partial charge in [-0.3, -0.25) is 0 Å². The molecule has 1 aliphatic carbocycles.